The molecule has 5 heteroatoms. The van der Waals surface area contributed by atoms with E-state index in [4.69, 9.17) is 4.74 Å². The molecule has 21 heavy (non-hydrogen) atoms. The summed E-state index contributed by atoms with van der Waals surface area (Å²) in [6, 6.07) is 2.37. The van der Waals surface area contributed by atoms with Gasteiger partial charge in [-0.1, -0.05) is 12.8 Å². The summed E-state index contributed by atoms with van der Waals surface area (Å²) < 4.78 is 5.86. The Morgan fingerprint density at radius 1 is 1.19 bits per heavy atom. The van der Waals surface area contributed by atoms with Crippen molar-refractivity contribution in [3.05, 3.63) is 17.5 Å². The number of hydrogen-bond acceptors (Lipinski definition) is 4. The molecule has 1 aliphatic carbocycles. The van der Waals surface area contributed by atoms with E-state index >= 15 is 0 Å². The van der Waals surface area contributed by atoms with Crippen LogP contribution in [0.1, 0.15) is 43.5 Å². The molecule has 0 N–H and O–H groups in total. The second kappa shape index (κ2) is 6.00. The van der Waals surface area contributed by atoms with E-state index in [1.54, 1.807) is 0 Å². The van der Waals surface area contributed by atoms with Gasteiger partial charge in [0.2, 0.25) is 5.91 Å². The number of carbonyl (C=O) groups is 1. The van der Waals surface area contributed by atoms with E-state index < -0.39 is 0 Å². The second-order valence-corrected chi connectivity index (χ2v) is 6.23. The normalized spacial score (nSPS) is 22.8. The predicted molar refractivity (Wildman–Crippen MR) is 79.1 cm³/mol. The van der Waals surface area contributed by atoms with Gasteiger partial charge in [-0.15, -0.1) is 0 Å². The first-order chi connectivity index (χ1) is 10.1. The van der Waals surface area contributed by atoms with Crippen molar-refractivity contribution in [2.45, 2.75) is 52.1 Å². The number of likely N-dealkylation sites (tertiary alicyclic amines) is 1. The van der Waals surface area contributed by atoms with Crippen molar-refractivity contribution < 1.29 is 9.53 Å². The zero-order chi connectivity index (χ0) is 14.8. The summed E-state index contributed by atoms with van der Waals surface area (Å²) in [5, 5.41) is 0. The van der Waals surface area contributed by atoms with Gasteiger partial charge in [0.05, 0.1) is 6.54 Å². The van der Waals surface area contributed by atoms with E-state index in [0.717, 1.165) is 37.2 Å². The van der Waals surface area contributed by atoms with E-state index in [-0.39, 0.29) is 12.0 Å². The van der Waals surface area contributed by atoms with Gasteiger partial charge in [0, 0.05) is 30.3 Å². The van der Waals surface area contributed by atoms with E-state index in [9.17, 15) is 4.79 Å². The van der Waals surface area contributed by atoms with E-state index in [1.807, 2.05) is 24.8 Å². The first kappa shape index (κ1) is 14.3. The van der Waals surface area contributed by atoms with Crippen molar-refractivity contribution in [1.82, 2.24) is 14.9 Å². The molecule has 0 bridgehead atoms. The Hall–Kier alpha value is -1.65. The first-order valence-electron chi connectivity index (χ1n) is 7.89. The van der Waals surface area contributed by atoms with Crippen molar-refractivity contribution in [2.75, 3.05) is 13.1 Å². The maximum absolute atomic E-state index is 12.4. The molecule has 114 valence electrons. The number of carbonyl (C=O) groups excluding carboxylic acids is 1. The van der Waals surface area contributed by atoms with Crippen LogP contribution >= 0.6 is 0 Å². The largest absolute Gasteiger partial charge is 0.458 e. The summed E-state index contributed by atoms with van der Waals surface area (Å²) in [6.07, 6.45) is 5.40. The van der Waals surface area contributed by atoms with Gasteiger partial charge >= 0.3 is 6.01 Å². The van der Waals surface area contributed by atoms with E-state index in [1.165, 1.54) is 12.8 Å². The first-order valence-corrected chi connectivity index (χ1v) is 7.89. The molecule has 2 heterocycles. The van der Waals surface area contributed by atoms with Gasteiger partial charge in [0.1, 0.15) is 6.10 Å². The fourth-order valence-corrected chi connectivity index (χ4v) is 3.35. The highest BCUT2D eigenvalue weighted by atomic mass is 16.5. The Labute approximate surface area is 125 Å². The second-order valence-electron chi connectivity index (χ2n) is 6.23. The van der Waals surface area contributed by atoms with Crippen LogP contribution in [0.4, 0.5) is 0 Å². The smallest absolute Gasteiger partial charge is 0.317 e. The lowest BCUT2D eigenvalue weighted by Crippen LogP contribution is -2.35. The Kier molecular flexibility index (Phi) is 4.08. The zero-order valence-corrected chi connectivity index (χ0v) is 12.8. The van der Waals surface area contributed by atoms with E-state index in [0.29, 0.717) is 18.5 Å². The molecule has 0 radical (unpaired) electrons. The van der Waals surface area contributed by atoms with Gasteiger partial charge in [-0.2, -0.15) is 0 Å². The third-order valence-electron chi connectivity index (χ3n) is 4.39. The number of amides is 1. The number of hydrogen-bond donors (Lipinski definition) is 0. The monoisotopic (exact) mass is 289 g/mol. The lowest BCUT2D eigenvalue weighted by molar-refractivity contribution is -0.134. The molecule has 3 rings (SSSR count). The third-order valence-corrected chi connectivity index (χ3v) is 4.39. The summed E-state index contributed by atoms with van der Waals surface area (Å²) in [5.41, 5.74) is 1.82. The Morgan fingerprint density at radius 2 is 1.86 bits per heavy atom. The SMILES string of the molecule is Cc1cc(C)nc(O[C@@H]2CCN(C(=O)C3CCCC3)C2)n1. The van der Waals surface area contributed by atoms with Crippen LogP contribution < -0.4 is 4.74 Å². The van der Waals surface area contributed by atoms with Gasteiger partial charge in [0.25, 0.3) is 0 Å². The van der Waals surface area contributed by atoms with Crippen LogP contribution in [0, 0.1) is 19.8 Å². The van der Waals surface area contributed by atoms with E-state index in [2.05, 4.69) is 9.97 Å². The van der Waals surface area contributed by atoms with Gasteiger partial charge in [-0.25, -0.2) is 9.97 Å². The lowest BCUT2D eigenvalue weighted by atomic mass is 10.1. The minimum absolute atomic E-state index is 0.0246. The Bertz CT molecular complexity index is 506. The number of ether oxygens (including phenoxy) is 1. The fraction of sp³-hybridized carbons (Fsp3) is 0.688. The fourth-order valence-electron chi connectivity index (χ4n) is 3.35. The topological polar surface area (TPSA) is 55.3 Å². The van der Waals surface area contributed by atoms with Crippen molar-refractivity contribution in [2.24, 2.45) is 5.92 Å². The third kappa shape index (κ3) is 3.34. The molecule has 2 fully saturated rings. The Morgan fingerprint density at radius 3 is 2.52 bits per heavy atom. The molecule has 1 atom stereocenters. The summed E-state index contributed by atoms with van der Waals surface area (Å²) in [7, 11) is 0. The van der Waals surface area contributed by atoms with Crippen LogP contribution in [0.3, 0.4) is 0 Å². The van der Waals surface area contributed by atoms with Crippen molar-refractivity contribution in [3.8, 4) is 6.01 Å². The highest BCUT2D eigenvalue weighted by Gasteiger charge is 2.33. The van der Waals surface area contributed by atoms with Crippen LogP contribution in [0.2, 0.25) is 0 Å². The van der Waals surface area contributed by atoms with Crippen molar-refractivity contribution in [1.29, 1.82) is 0 Å². The number of aryl methyl sites for hydroxylation is 2. The lowest BCUT2D eigenvalue weighted by Gasteiger charge is -2.20. The standard InChI is InChI=1S/C16H23N3O2/c1-11-9-12(2)18-16(17-11)21-14-7-8-19(10-14)15(20)13-5-3-4-6-13/h9,13-14H,3-8,10H2,1-2H3/t14-/m1/s1. The number of aromatic nitrogens is 2. The summed E-state index contributed by atoms with van der Waals surface area (Å²) >= 11 is 0. The highest BCUT2D eigenvalue weighted by molar-refractivity contribution is 5.79. The maximum atomic E-state index is 12.4. The predicted octanol–water partition coefficient (Wildman–Crippen LogP) is 2.26. The van der Waals surface area contributed by atoms with Crippen LogP contribution in [-0.2, 0) is 4.79 Å². The van der Waals surface area contributed by atoms with Crippen LogP contribution in [-0.4, -0.2) is 40.0 Å². The van der Waals surface area contributed by atoms with Gasteiger partial charge < -0.3 is 9.64 Å². The molecule has 2 aliphatic rings. The molecule has 0 aromatic carbocycles. The number of nitrogens with zero attached hydrogens (tertiary/aromatic N) is 3. The molecule has 0 unspecified atom stereocenters. The van der Waals surface area contributed by atoms with Gasteiger partial charge in [-0.3, -0.25) is 4.79 Å². The van der Waals surface area contributed by atoms with Crippen molar-refractivity contribution in [3.63, 3.8) is 0 Å². The molecule has 1 aromatic heterocycles. The average molecular weight is 289 g/mol. The molecular weight excluding hydrogens is 266 g/mol. The molecule has 1 amide bonds. The van der Waals surface area contributed by atoms with Crippen molar-refractivity contribution >= 4 is 5.91 Å². The summed E-state index contributed by atoms with van der Waals surface area (Å²) in [6.45, 7) is 5.34. The molecule has 0 spiro atoms. The van der Waals surface area contributed by atoms with Gasteiger partial charge in [-0.05, 0) is 32.8 Å². The summed E-state index contributed by atoms with van der Waals surface area (Å²) in [4.78, 5) is 23.0. The molecule has 1 saturated heterocycles. The zero-order valence-electron chi connectivity index (χ0n) is 12.8. The molecular formula is C16H23N3O2. The molecule has 5 nitrogen and oxygen atoms in total. The summed E-state index contributed by atoms with van der Waals surface area (Å²) in [5.74, 6) is 0.571. The van der Waals surface area contributed by atoms with Crippen LogP contribution in [0.25, 0.3) is 0 Å². The van der Waals surface area contributed by atoms with Crippen LogP contribution in [0.15, 0.2) is 6.07 Å². The number of rotatable bonds is 3. The van der Waals surface area contributed by atoms with Crippen LogP contribution in [0.5, 0.6) is 6.01 Å². The molecule has 1 saturated carbocycles. The minimum atomic E-state index is 0.0246. The maximum Gasteiger partial charge on any atom is 0.317 e. The van der Waals surface area contributed by atoms with Gasteiger partial charge in [0.15, 0.2) is 0 Å². The molecule has 1 aliphatic heterocycles. The average Bonchev–Trinajstić information content (AvgIpc) is 3.07. The highest BCUT2D eigenvalue weighted by Crippen LogP contribution is 2.28. The quantitative estimate of drug-likeness (QED) is 0.856. The molecule has 1 aromatic rings. The minimum Gasteiger partial charge on any atom is -0.458 e. The Balaban J connectivity index is 1.58.